The molecule has 1 aliphatic rings. The van der Waals surface area contributed by atoms with E-state index in [4.69, 9.17) is 8.39 Å². The summed E-state index contributed by atoms with van der Waals surface area (Å²) in [4.78, 5) is 0. The van der Waals surface area contributed by atoms with Gasteiger partial charge in [0.15, 0.2) is 0 Å². The van der Waals surface area contributed by atoms with Crippen molar-refractivity contribution in [3.63, 3.8) is 0 Å². The zero-order valence-corrected chi connectivity index (χ0v) is 19.6. The summed E-state index contributed by atoms with van der Waals surface area (Å²) in [5, 5.41) is 7.06. The Bertz CT molecular complexity index is 1610. The fourth-order valence-electron chi connectivity index (χ4n) is 5.42. The van der Waals surface area contributed by atoms with E-state index in [2.05, 4.69) is 108 Å². The Labute approximate surface area is 198 Å². The van der Waals surface area contributed by atoms with Crippen molar-refractivity contribution < 1.29 is 8.39 Å². The predicted molar refractivity (Wildman–Crippen MR) is 143 cm³/mol. The quantitative estimate of drug-likeness (QED) is 0.258. The summed E-state index contributed by atoms with van der Waals surface area (Å²) >= 11 is 0. The lowest BCUT2D eigenvalue weighted by atomic mass is 9.99. The van der Waals surface area contributed by atoms with Crippen molar-refractivity contribution in [2.45, 2.75) is 18.9 Å². The van der Waals surface area contributed by atoms with Crippen molar-refractivity contribution in [2.75, 3.05) is 11.2 Å². The normalized spacial score (nSPS) is 16.6. The predicted octanol–water partition coefficient (Wildman–Crippen LogP) is 9.07. The molecule has 2 heterocycles. The molecule has 0 saturated carbocycles. The van der Waals surface area contributed by atoms with Crippen LogP contribution in [0.2, 0.25) is 0 Å². The fourth-order valence-corrected chi connectivity index (χ4v) is 7.09. The molecule has 0 radical (unpaired) electrons. The van der Waals surface area contributed by atoms with Gasteiger partial charge in [0.05, 0.1) is 0 Å². The highest BCUT2D eigenvalue weighted by Crippen LogP contribution is 2.47. The van der Waals surface area contributed by atoms with Gasteiger partial charge in [-0.3, -0.25) is 0 Å². The Hall–Kier alpha value is -3.52. The maximum absolute atomic E-state index is 6.80. The molecule has 34 heavy (non-hydrogen) atoms. The monoisotopic (exact) mass is 461 g/mol. The molecule has 0 aliphatic carbocycles. The first-order chi connectivity index (χ1) is 16.9. The number of nitrogens with zero attached hydrogens (tertiary/aromatic N) is 1. The molecule has 5 aromatic carbocycles. The average molecular weight is 462 g/mol. The minimum atomic E-state index is -1.31. The van der Waals surface area contributed by atoms with E-state index in [0.717, 1.165) is 41.3 Å². The molecule has 6 aromatic rings. The van der Waals surface area contributed by atoms with Crippen LogP contribution >= 0.6 is 8.16 Å². The maximum Gasteiger partial charge on any atom is 0.310 e. The molecule has 0 N–H and O–H groups in total. The van der Waals surface area contributed by atoms with E-state index in [1.54, 1.807) is 0 Å². The second kappa shape index (κ2) is 8.06. The van der Waals surface area contributed by atoms with Crippen LogP contribution in [0, 0.1) is 0 Å². The average Bonchev–Trinajstić information content (AvgIpc) is 3.32. The molecule has 166 valence electrons. The molecular formula is C30H24NO2P. The van der Waals surface area contributed by atoms with Gasteiger partial charge < -0.3 is 8.39 Å². The summed E-state index contributed by atoms with van der Waals surface area (Å²) in [5.41, 5.74) is 3.13. The number of fused-ring (bicyclic) bond motifs is 7. The third-order valence-electron chi connectivity index (χ3n) is 7.00. The van der Waals surface area contributed by atoms with Gasteiger partial charge in [0, 0.05) is 23.4 Å². The molecule has 1 saturated heterocycles. The number of hydrogen-bond acceptors (Lipinski definition) is 3. The van der Waals surface area contributed by atoms with Crippen LogP contribution in [0.1, 0.15) is 24.4 Å². The Morgan fingerprint density at radius 2 is 1.18 bits per heavy atom. The first kappa shape index (κ1) is 19.9. The van der Waals surface area contributed by atoms with Crippen molar-refractivity contribution in [2.24, 2.45) is 0 Å². The molecule has 3 nitrogen and oxygen atoms in total. The molecule has 7 rings (SSSR count). The van der Waals surface area contributed by atoms with Crippen LogP contribution in [0.5, 0.6) is 0 Å². The van der Waals surface area contributed by atoms with Crippen molar-refractivity contribution in [3.05, 3.63) is 109 Å². The highest BCUT2D eigenvalue weighted by Gasteiger charge is 2.31. The summed E-state index contributed by atoms with van der Waals surface area (Å²) < 4.78 is 16.0. The van der Waals surface area contributed by atoms with E-state index in [1.165, 1.54) is 27.1 Å². The van der Waals surface area contributed by atoms with E-state index < -0.39 is 8.16 Å². The van der Waals surface area contributed by atoms with E-state index >= 15 is 0 Å². The van der Waals surface area contributed by atoms with Gasteiger partial charge in [-0.05, 0) is 52.1 Å². The fraction of sp³-hybridized carbons (Fsp3) is 0.133. The second-order valence-corrected chi connectivity index (χ2v) is 10.3. The van der Waals surface area contributed by atoms with Crippen LogP contribution in [0.3, 0.4) is 0 Å². The van der Waals surface area contributed by atoms with Gasteiger partial charge in [0.25, 0.3) is 0 Å². The van der Waals surface area contributed by atoms with Crippen molar-refractivity contribution in [1.29, 1.82) is 0 Å². The van der Waals surface area contributed by atoms with Crippen LogP contribution < -0.4 is 4.67 Å². The Morgan fingerprint density at radius 3 is 1.79 bits per heavy atom. The van der Waals surface area contributed by atoms with Crippen LogP contribution in [0.25, 0.3) is 43.5 Å². The summed E-state index contributed by atoms with van der Waals surface area (Å²) in [6.45, 7) is 0.969. The van der Waals surface area contributed by atoms with E-state index in [0.29, 0.717) is 6.04 Å². The van der Waals surface area contributed by atoms with Gasteiger partial charge in [-0.15, -0.1) is 0 Å². The summed E-state index contributed by atoms with van der Waals surface area (Å²) in [6.07, 6.45) is 2.25. The third kappa shape index (κ3) is 3.16. The van der Waals surface area contributed by atoms with Crippen LogP contribution in [0.4, 0.5) is 0 Å². The molecule has 1 fully saturated rings. The van der Waals surface area contributed by atoms with Gasteiger partial charge in [-0.25, -0.2) is 0 Å². The van der Waals surface area contributed by atoms with Gasteiger partial charge in [-0.2, -0.15) is 4.67 Å². The minimum Gasteiger partial charge on any atom is -0.408 e. The van der Waals surface area contributed by atoms with Gasteiger partial charge >= 0.3 is 8.16 Å². The highest BCUT2D eigenvalue weighted by molar-refractivity contribution is 7.39. The van der Waals surface area contributed by atoms with Crippen molar-refractivity contribution in [3.8, 4) is 0 Å². The molecule has 0 unspecified atom stereocenters. The Kier molecular flexibility index (Phi) is 4.72. The molecular weight excluding hydrogens is 437 g/mol. The smallest absolute Gasteiger partial charge is 0.310 e. The van der Waals surface area contributed by atoms with Crippen LogP contribution in [0.15, 0.2) is 112 Å². The van der Waals surface area contributed by atoms with Crippen molar-refractivity contribution >= 4 is 51.6 Å². The van der Waals surface area contributed by atoms with Gasteiger partial charge in [0.1, 0.15) is 11.2 Å². The van der Waals surface area contributed by atoms with Gasteiger partial charge in [0.2, 0.25) is 0 Å². The standard InChI is InChI=1S/C30H24NO2P/c1-2-11-23(12-3-1)26-15-8-20-31(26)34-32-27-18-16-21-9-4-6-13-24(21)29(27)30-25-14-7-5-10-22(25)17-19-28(30)33-34/h1-7,9-14,16-19,26H,8,15,20H2/t26-/m1/s1. The largest absolute Gasteiger partial charge is 0.408 e. The molecule has 1 atom stereocenters. The van der Waals surface area contributed by atoms with Gasteiger partial charge in [-0.1, -0.05) is 91.0 Å². The summed E-state index contributed by atoms with van der Waals surface area (Å²) in [5.74, 6) is 0. The molecule has 0 bridgehead atoms. The zero-order chi connectivity index (χ0) is 22.5. The number of hydrogen-bond donors (Lipinski definition) is 0. The van der Waals surface area contributed by atoms with E-state index in [1.807, 2.05) is 0 Å². The molecule has 4 heteroatoms. The molecule has 0 spiro atoms. The molecule has 1 aliphatic heterocycles. The second-order valence-electron chi connectivity index (χ2n) is 8.97. The first-order valence-corrected chi connectivity index (χ1v) is 13.0. The van der Waals surface area contributed by atoms with E-state index in [9.17, 15) is 0 Å². The SMILES string of the molecule is c1ccc([C@H]2CCCN2p2oc3ccc4ccccc4c3c3c(ccc4ccccc43)o2)cc1. The van der Waals surface area contributed by atoms with E-state index in [-0.39, 0.29) is 0 Å². The zero-order valence-electron chi connectivity index (χ0n) is 18.7. The lowest BCUT2D eigenvalue weighted by Gasteiger charge is -2.21. The Morgan fingerprint density at radius 1 is 0.618 bits per heavy atom. The van der Waals surface area contributed by atoms with Crippen molar-refractivity contribution in [1.82, 2.24) is 0 Å². The lowest BCUT2D eigenvalue weighted by Crippen LogP contribution is -2.18. The highest BCUT2D eigenvalue weighted by atomic mass is 31.1. The summed E-state index contributed by atoms with van der Waals surface area (Å²) in [7, 11) is -1.31. The Balaban J connectivity index is 1.60. The summed E-state index contributed by atoms with van der Waals surface area (Å²) in [6, 6.07) is 36.8. The maximum atomic E-state index is 6.80. The first-order valence-electron chi connectivity index (χ1n) is 11.9. The lowest BCUT2D eigenvalue weighted by molar-refractivity contribution is 0.612. The number of rotatable bonds is 2. The topological polar surface area (TPSA) is 29.5 Å². The minimum absolute atomic E-state index is 0.304. The number of benzene rings is 5. The van der Waals surface area contributed by atoms with Crippen LogP contribution in [-0.4, -0.2) is 6.54 Å². The third-order valence-corrected chi connectivity index (χ3v) is 8.61. The van der Waals surface area contributed by atoms with Crippen LogP contribution in [-0.2, 0) is 0 Å². The molecule has 1 aromatic heterocycles. The molecule has 0 amide bonds.